The quantitative estimate of drug-likeness (QED) is 0.787. The molecule has 0 radical (unpaired) electrons. The first-order valence-electron chi connectivity index (χ1n) is 6.26. The zero-order valence-corrected chi connectivity index (χ0v) is 11.7. The first-order chi connectivity index (χ1) is 9.67. The lowest BCUT2D eigenvalue weighted by atomic mass is 10.1. The van der Waals surface area contributed by atoms with E-state index >= 15 is 0 Å². The molecule has 4 heteroatoms. The van der Waals surface area contributed by atoms with E-state index in [1.165, 1.54) is 0 Å². The highest BCUT2D eigenvalue weighted by Crippen LogP contribution is 2.29. The van der Waals surface area contributed by atoms with Gasteiger partial charge in [-0.05, 0) is 35.9 Å². The van der Waals surface area contributed by atoms with E-state index in [0.29, 0.717) is 10.8 Å². The van der Waals surface area contributed by atoms with Gasteiger partial charge in [-0.1, -0.05) is 23.7 Å². The third-order valence-corrected chi connectivity index (χ3v) is 3.50. The molecule has 1 atom stereocenters. The van der Waals surface area contributed by atoms with Gasteiger partial charge in [0.25, 0.3) is 0 Å². The summed E-state index contributed by atoms with van der Waals surface area (Å²) in [5.41, 5.74) is 7.92. The van der Waals surface area contributed by atoms with Crippen molar-refractivity contribution in [1.29, 1.82) is 0 Å². The number of methoxy groups -OCH3 is 1. The van der Waals surface area contributed by atoms with Crippen molar-refractivity contribution in [3.8, 4) is 5.75 Å². The molecule has 0 amide bonds. The average molecular weight is 288 g/mol. The van der Waals surface area contributed by atoms with E-state index < -0.39 is 0 Å². The highest BCUT2D eigenvalue weighted by atomic mass is 35.5. The molecular weight excluding hydrogens is 274 g/mol. The normalized spacial score (nSPS) is 12.6. The molecule has 2 aromatic carbocycles. The molecule has 3 nitrogen and oxygen atoms in total. The van der Waals surface area contributed by atoms with Gasteiger partial charge in [0, 0.05) is 16.5 Å². The third kappa shape index (κ3) is 2.38. The monoisotopic (exact) mass is 287 g/mol. The smallest absolute Gasteiger partial charge is 0.138 e. The Hall–Kier alpha value is -1.97. The maximum atomic E-state index is 6.24. The predicted molar refractivity (Wildman–Crippen MR) is 80.2 cm³/mol. The fourth-order valence-corrected chi connectivity index (χ4v) is 2.38. The van der Waals surface area contributed by atoms with Gasteiger partial charge >= 0.3 is 0 Å². The van der Waals surface area contributed by atoms with Crippen LogP contribution in [0, 0.1) is 0 Å². The minimum absolute atomic E-state index is 0.341. The molecule has 1 unspecified atom stereocenters. The first kappa shape index (κ1) is 13.0. The maximum Gasteiger partial charge on any atom is 0.138 e. The second kappa shape index (κ2) is 5.19. The van der Waals surface area contributed by atoms with Crippen LogP contribution in [0.5, 0.6) is 5.75 Å². The number of hydrogen-bond donors (Lipinski definition) is 1. The largest absolute Gasteiger partial charge is 0.497 e. The van der Waals surface area contributed by atoms with Gasteiger partial charge in [0.05, 0.1) is 13.2 Å². The van der Waals surface area contributed by atoms with Crippen molar-refractivity contribution in [2.24, 2.45) is 5.73 Å². The molecule has 0 saturated carbocycles. The van der Waals surface area contributed by atoms with Crippen LogP contribution in [0.1, 0.15) is 17.4 Å². The van der Waals surface area contributed by atoms with E-state index in [1.54, 1.807) is 7.11 Å². The van der Waals surface area contributed by atoms with Crippen molar-refractivity contribution in [3.63, 3.8) is 0 Å². The molecule has 3 aromatic rings. The molecule has 1 aromatic heterocycles. The standard InChI is InChI=1S/C16H14ClNO2/c1-19-13-6-5-10-8-15(20-14(10)9-13)16(18)11-3-2-4-12(17)7-11/h2-9,16H,18H2,1H3. The van der Waals surface area contributed by atoms with Crippen molar-refractivity contribution < 1.29 is 9.15 Å². The Labute approximate surface area is 121 Å². The number of rotatable bonds is 3. The van der Waals surface area contributed by atoms with Gasteiger partial charge in [0.2, 0.25) is 0 Å². The number of nitrogens with two attached hydrogens (primary N) is 1. The summed E-state index contributed by atoms with van der Waals surface area (Å²) in [5, 5.41) is 1.66. The van der Waals surface area contributed by atoms with Crippen LogP contribution in [-0.4, -0.2) is 7.11 Å². The average Bonchev–Trinajstić information content (AvgIpc) is 2.89. The van der Waals surface area contributed by atoms with Crippen molar-refractivity contribution in [1.82, 2.24) is 0 Å². The fraction of sp³-hybridized carbons (Fsp3) is 0.125. The van der Waals surface area contributed by atoms with Gasteiger partial charge < -0.3 is 14.9 Å². The first-order valence-corrected chi connectivity index (χ1v) is 6.64. The lowest BCUT2D eigenvalue weighted by molar-refractivity contribution is 0.414. The summed E-state index contributed by atoms with van der Waals surface area (Å²) < 4.78 is 11.0. The Morgan fingerprint density at radius 2 is 2.00 bits per heavy atom. The zero-order valence-electron chi connectivity index (χ0n) is 11.0. The molecule has 102 valence electrons. The summed E-state index contributed by atoms with van der Waals surface area (Å²) >= 11 is 5.99. The van der Waals surface area contributed by atoms with Gasteiger partial charge in [0.15, 0.2) is 0 Å². The van der Waals surface area contributed by atoms with E-state index in [9.17, 15) is 0 Å². The molecule has 0 bridgehead atoms. The van der Waals surface area contributed by atoms with Gasteiger partial charge in [-0.15, -0.1) is 0 Å². The Morgan fingerprint density at radius 3 is 2.75 bits per heavy atom. The van der Waals surface area contributed by atoms with Crippen molar-refractivity contribution in [2.75, 3.05) is 7.11 Å². The minimum Gasteiger partial charge on any atom is -0.497 e. The van der Waals surface area contributed by atoms with Crippen molar-refractivity contribution in [2.45, 2.75) is 6.04 Å². The van der Waals surface area contributed by atoms with Crippen LogP contribution >= 0.6 is 11.6 Å². The van der Waals surface area contributed by atoms with E-state index in [2.05, 4.69) is 0 Å². The number of fused-ring (bicyclic) bond motifs is 1. The van der Waals surface area contributed by atoms with E-state index in [-0.39, 0.29) is 6.04 Å². The highest BCUT2D eigenvalue weighted by molar-refractivity contribution is 6.30. The Balaban J connectivity index is 2.01. The van der Waals surface area contributed by atoms with Crippen LogP contribution in [-0.2, 0) is 0 Å². The van der Waals surface area contributed by atoms with Crippen LogP contribution in [0.15, 0.2) is 52.9 Å². The van der Waals surface area contributed by atoms with Crippen LogP contribution in [0.4, 0.5) is 0 Å². The van der Waals surface area contributed by atoms with Crippen molar-refractivity contribution >= 4 is 22.6 Å². The zero-order chi connectivity index (χ0) is 14.1. The van der Waals surface area contributed by atoms with Gasteiger partial charge in [0.1, 0.15) is 17.1 Å². The Bertz CT molecular complexity index is 751. The second-order valence-electron chi connectivity index (χ2n) is 4.59. The number of benzene rings is 2. The van der Waals surface area contributed by atoms with Crippen LogP contribution < -0.4 is 10.5 Å². The molecule has 0 aliphatic rings. The summed E-state index contributed by atoms with van der Waals surface area (Å²) in [6.07, 6.45) is 0. The fourth-order valence-electron chi connectivity index (χ4n) is 2.18. The van der Waals surface area contributed by atoms with E-state index in [1.807, 2.05) is 48.5 Å². The summed E-state index contributed by atoms with van der Waals surface area (Å²) in [7, 11) is 1.63. The van der Waals surface area contributed by atoms with E-state index in [4.69, 9.17) is 26.5 Å². The van der Waals surface area contributed by atoms with Crippen LogP contribution in [0.2, 0.25) is 5.02 Å². The Kier molecular flexibility index (Phi) is 3.38. The summed E-state index contributed by atoms with van der Waals surface area (Å²) in [6, 6.07) is 14.8. The molecular formula is C16H14ClNO2. The maximum absolute atomic E-state index is 6.24. The van der Waals surface area contributed by atoms with Crippen LogP contribution in [0.25, 0.3) is 11.0 Å². The molecule has 0 aliphatic heterocycles. The third-order valence-electron chi connectivity index (χ3n) is 3.26. The number of furan rings is 1. The molecule has 0 fully saturated rings. The topological polar surface area (TPSA) is 48.4 Å². The Morgan fingerprint density at radius 1 is 1.15 bits per heavy atom. The van der Waals surface area contributed by atoms with Gasteiger partial charge in [-0.3, -0.25) is 0 Å². The minimum atomic E-state index is -0.341. The van der Waals surface area contributed by atoms with Gasteiger partial charge in [-0.2, -0.15) is 0 Å². The van der Waals surface area contributed by atoms with Crippen molar-refractivity contribution in [3.05, 3.63) is 64.9 Å². The highest BCUT2D eigenvalue weighted by Gasteiger charge is 2.14. The van der Waals surface area contributed by atoms with Gasteiger partial charge in [-0.25, -0.2) is 0 Å². The summed E-state index contributed by atoms with van der Waals surface area (Å²) in [4.78, 5) is 0. The molecule has 0 aliphatic carbocycles. The lowest BCUT2D eigenvalue weighted by Gasteiger charge is -2.08. The van der Waals surface area contributed by atoms with Crippen LogP contribution in [0.3, 0.4) is 0 Å². The predicted octanol–water partition coefficient (Wildman–Crippen LogP) is 4.14. The van der Waals surface area contributed by atoms with E-state index in [0.717, 1.165) is 22.3 Å². The molecule has 1 heterocycles. The lowest BCUT2D eigenvalue weighted by Crippen LogP contribution is -2.10. The molecule has 0 spiro atoms. The summed E-state index contributed by atoms with van der Waals surface area (Å²) in [5.74, 6) is 1.46. The summed E-state index contributed by atoms with van der Waals surface area (Å²) in [6.45, 7) is 0. The second-order valence-corrected chi connectivity index (χ2v) is 5.02. The molecule has 2 N–H and O–H groups in total. The SMILES string of the molecule is COc1ccc2cc(C(N)c3cccc(Cl)c3)oc2c1. The number of ether oxygens (including phenoxy) is 1. The number of halogens is 1. The molecule has 20 heavy (non-hydrogen) atoms. The molecule has 0 saturated heterocycles. The molecule has 3 rings (SSSR count). The number of hydrogen-bond acceptors (Lipinski definition) is 3.